The molecule has 0 bridgehead atoms. The van der Waals surface area contributed by atoms with Gasteiger partial charge in [-0.1, -0.05) is 23.2 Å². The largest absolute Gasteiger partial charge is 0.394 e. The normalized spacial score (nSPS) is 22.9. The molecule has 2 heterocycles. The van der Waals surface area contributed by atoms with Crippen LogP contribution in [0.25, 0.3) is 0 Å². The van der Waals surface area contributed by atoms with E-state index in [4.69, 9.17) is 27.9 Å². The molecule has 1 fully saturated rings. The van der Waals surface area contributed by atoms with Crippen molar-refractivity contribution in [2.24, 2.45) is 0 Å². The lowest BCUT2D eigenvalue weighted by Gasteiger charge is -2.37. The van der Waals surface area contributed by atoms with E-state index in [0.29, 0.717) is 34.8 Å². The highest BCUT2D eigenvalue weighted by molar-refractivity contribution is 6.37. The Labute approximate surface area is 128 Å². The Hall–Kier alpha value is -0.750. The molecule has 0 radical (unpaired) electrons. The van der Waals surface area contributed by atoms with Gasteiger partial charge in [0.2, 0.25) is 0 Å². The van der Waals surface area contributed by atoms with Crippen molar-refractivity contribution < 1.29 is 9.84 Å². The topological polar surface area (TPSA) is 57.6 Å². The van der Waals surface area contributed by atoms with E-state index in [-0.39, 0.29) is 18.8 Å². The zero-order valence-electron chi connectivity index (χ0n) is 11.6. The number of halogens is 2. The molecule has 7 heteroatoms. The molecule has 112 valence electrons. The highest BCUT2D eigenvalue weighted by atomic mass is 35.5. The average Bonchev–Trinajstić information content (AvgIpc) is 2.41. The monoisotopic (exact) mass is 319 g/mol. The first kappa shape index (κ1) is 15.6. The van der Waals surface area contributed by atoms with E-state index in [1.54, 1.807) is 6.07 Å². The lowest BCUT2D eigenvalue weighted by molar-refractivity contribution is -0.0422. The second-order valence-electron chi connectivity index (χ2n) is 4.81. The van der Waals surface area contributed by atoms with Crippen molar-refractivity contribution in [3.05, 3.63) is 16.1 Å². The summed E-state index contributed by atoms with van der Waals surface area (Å²) in [5.74, 6) is 1.29. The number of hydrogen-bond donors (Lipinski definition) is 2. The Morgan fingerprint density at radius 2 is 2.20 bits per heavy atom. The summed E-state index contributed by atoms with van der Waals surface area (Å²) in [6.45, 7) is 5.88. The predicted octanol–water partition coefficient (Wildman–Crippen LogP) is 2.41. The molecule has 0 saturated carbocycles. The number of anilines is 2. The van der Waals surface area contributed by atoms with Crippen LogP contribution >= 0.6 is 23.2 Å². The van der Waals surface area contributed by atoms with Crippen LogP contribution < -0.4 is 10.2 Å². The lowest BCUT2D eigenvalue weighted by Crippen LogP contribution is -2.48. The molecule has 0 aliphatic carbocycles. The van der Waals surface area contributed by atoms with E-state index in [9.17, 15) is 5.11 Å². The van der Waals surface area contributed by atoms with Crippen LogP contribution in [0.15, 0.2) is 6.07 Å². The van der Waals surface area contributed by atoms with Crippen LogP contribution in [0.2, 0.25) is 10.0 Å². The van der Waals surface area contributed by atoms with Crippen LogP contribution in [0.3, 0.4) is 0 Å². The molecule has 1 aromatic rings. The van der Waals surface area contributed by atoms with Crippen molar-refractivity contribution in [2.45, 2.75) is 26.1 Å². The van der Waals surface area contributed by atoms with Crippen LogP contribution in [-0.4, -0.2) is 48.5 Å². The molecule has 0 aromatic carbocycles. The molecule has 0 spiro atoms. The first-order chi connectivity index (χ1) is 9.55. The first-order valence-electron chi connectivity index (χ1n) is 6.66. The van der Waals surface area contributed by atoms with E-state index >= 15 is 0 Å². The second-order valence-corrected chi connectivity index (χ2v) is 5.63. The van der Waals surface area contributed by atoms with Gasteiger partial charge in [0.05, 0.1) is 28.9 Å². The summed E-state index contributed by atoms with van der Waals surface area (Å²) in [4.78, 5) is 6.52. The van der Waals surface area contributed by atoms with Crippen molar-refractivity contribution in [1.29, 1.82) is 0 Å². The van der Waals surface area contributed by atoms with Crippen LogP contribution in [0, 0.1) is 0 Å². The Balaban J connectivity index is 2.28. The van der Waals surface area contributed by atoms with Gasteiger partial charge in [0.25, 0.3) is 0 Å². The van der Waals surface area contributed by atoms with Gasteiger partial charge in [-0.3, -0.25) is 0 Å². The molecule has 2 N–H and O–H groups in total. The van der Waals surface area contributed by atoms with E-state index in [2.05, 4.69) is 10.3 Å². The number of rotatable bonds is 4. The van der Waals surface area contributed by atoms with Gasteiger partial charge in [-0.15, -0.1) is 0 Å². The number of aromatic nitrogens is 1. The maximum absolute atomic E-state index is 9.29. The Morgan fingerprint density at radius 1 is 1.45 bits per heavy atom. The Morgan fingerprint density at radius 3 is 2.85 bits per heavy atom. The number of morpholine rings is 1. The van der Waals surface area contributed by atoms with Crippen molar-refractivity contribution in [1.82, 2.24) is 4.98 Å². The quantitative estimate of drug-likeness (QED) is 0.892. The van der Waals surface area contributed by atoms with E-state index in [1.807, 2.05) is 18.7 Å². The maximum Gasteiger partial charge on any atom is 0.150 e. The molecule has 1 saturated heterocycles. The third-order valence-electron chi connectivity index (χ3n) is 3.08. The molecule has 2 atom stereocenters. The number of pyridine rings is 1. The Bertz CT molecular complexity index is 473. The Kier molecular flexibility index (Phi) is 5.32. The summed E-state index contributed by atoms with van der Waals surface area (Å²) in [6.07, 6.45) is -0.216. The minimum absolute atomic E-state index is 0.0111. The summed E-state index contributed by atoms with van der Waals surface area (Å²) in [5.41, 5.74) is 0. The van der Waals surface area contributed by atoms with Crippen molar-refractivity contribution in [2.75, 3.05) is 36.5 Å². The molecule has 1 aliphatic rings. The fraction of sp³-hybridized carbons (Fsp3) is 0.615. The number of aliphatic hydroxyl groups excluding tert-OH is 1. The van der Waals surface area contributed by atoms with Crippen LogP contribution in [0.4, 0.5) is 11.6 Å². The van der Waals surface area contributed by atoms with Crippen LogP contribution in [-0.2, 0) is 4.74 Å². The fourth-order valence-corrected chi connectivity index (χ4v) is 2.83. The molecule has 20 heavy (non-hydrogen) atoms. The van der Waals surface area contributed by atoms with Gasteiger partial charge in [0.15, 0.2) is 0 Å². The van der Waals surface area contributed by atoms with E-state index in [1.165, 1.54) is 0 Å². The maximum atomic E-state index is 9.29. The summed E-state index contributed by atoms with van der Waals surface area (Å²) in [5, 5.41) is 13.4. The van der Waals surface area contributed by atoms with Gasteiger partial charge < -0.3 is 20.1 Å². The third kappa shape index (κ3) is 3.47. The minimum Gasteiger partial charge on any atom is -0.394 e. The van der Waals surface area contributed by atoms with Gasteiger partial charge in [-0.2, -0.15) is 0 Å². The molecule has 1 aliphatic heterocycles. The van der Waals surface area contributed by atoms with E-state index < -0.39 is 0 Å². The number of hydrogen-bond acceptors (Lipinski definition) is 5. The zero-order valence-corrected chi connectivity index (χ0v) is 13.1. The van der Waals surface area contributed by atoms with E-state index in [0.717, 1.165) is 6.54 Å². The van der Waals surface area contributed by atoms with Gasteiger partial charge in [-0.05, 0) is 19.9 Å². The number of nitrogens with one attached hydrogen (secondary N) is 1. The molecule has 5 nitrogen and oxygen atoms in total. The number of aliphatic hydroxyl groups is 1. The second kappa shape index (κ2) is 6.80. The van der Waals surface area contributed by atoms with Gasteiger partial charge in [-0.25, -0.2) is 4.98 Å². The molecular weight excluding hydrogens is 301 g/mol. The summed E-state index contributed by atoms with van der Waals surface area (Å²) in [6, 6.07) is 1.69. The molecule has 0 amide bonds. The highest BCUT2D eigenvalue weighted by Gasteiger charge is 2.27. The van der Waals surface area contributed by atoms with Crippen molar-refractivity contribution in [3.63, 3.8) is 0 Å². The average molecular weight is 320 g/mol. The number of ether oxygens (including phenoxy) is 1. The smallest absolute Gasteiger partial charge is 0.150 e. The summed E-state index contributed by atoms with van der Waals surface area (Å²) < 4.78 is 5.62. The molecule has 1 aromatic heterocycles. The lowest BCUT2D eigenvalue weighted by atomic mass is 10.2. The molecule has 2 unspecified atom stereocenters. The van der Waals surface area contributed by atoms with Crippen LogP contribution in [0.5, 0.6) is 0 Å². The summed E-state index contributed by atoms with van der Waals surface area (Å²) >= 11 is 12.4. The standard InChI is InChI=1S/C13H19Cl2N3O2/c1-3-16-12-10(14)4-11(15)13(17-12)18-5-8(2)20-9(6-18)7-19/h4,8-9,19H,3,5-7H2,1-2H3,(H,16,17). The van der Waals surface area contributed by atoms with Gasteiger partial charge >= 0.3 is 0 Å². The molecule has 2 rings (SSSR count). The predicted molar refractivity (Wildman–Crippen MR) is 82.1 cm³/mol. The fourth-order valence-electron chi connectivity index (χ4n) is 2.29. The SMILES string of the molecule is CCNc1nc(N2CC(C)OC(CO)C2)c(Cl)cc1Cl. The van der Waals surface area contributed by atoms with Crippen molar-refractivity contribution in [3.8, 4) is 0 Å². The van der Waals surface area contributed by atoms with Gasteiger partial charge in [0.1, 0.15) is 11.6 Å². The highest BCUT2D eigenvalue weighted by Crippen LogP contribution is 2.32. The molecular formula is C13H19Cl2N3O2. The minimum atomic E-state index is -0.227. The third-order valence-corrected chi connectivity index (χ3v) is 3.65. The van der Waals surface area contributed by atoms with Crippen molar-refractivity contribution >= 4 is 34.8 Å². The first-order valence-corrected chi connectivity index (χ1v) is 7.41. The number of nitrogens with zero attached hydrogens (tertiary/aromatic N) is 2. The van der Waals surface area contributed by atoms with Crippen LogP contribution in [0.1, 0.15) is 13.8 Å². The van der Waals surface area contributed by atoms with Gasteiger partial charge in [0, 0.05) is 19.6 Å². The summed E-state index contributed by atoms with van der Waals surface area (Å²) in [7, 11) is 0. The zero-order chi connectivity index (χ0) is 14.7.